The molecule has 2 fully saturated rings. The molecular weight excluding hydrogens is 769 g/mol. The minimum atomic E-state index is -2.02. The van der Waals surface area contributed by atoms with Gasteiger partial charge in [-0.15, -0.1) is 6.58 Å². The predicted molar refractivity (Wildman–Crippen MR) is 217 cm³/mol. The molecule has 5 aromatic carbocycles. The molecule has 14 heteroatoms. The van der Waals surface area contributed by atoms with Gasteiger partial charge in [-0.05, 0) is 46.5 Å². The molecule has 0 unspecified atom stereocenters. The number of hydrogen-bond acceptors (Lipinski definition) is 11. The number of carbonyl (C=O) groups excluding carboxylic acids is 4. The average Bonchev–Trinajstić information content (AvgIpc) is 3.74. The van der Waals surface area contributed by atoms with Crippen molar-refractivity contribution < 1.29 is 43.4 Å². The molecule has 2 N–H and O–H groups in total. The molecule has 0 aliphatic carbocycles. The first kappa shape index (κ1) is 39.7. The second-order valence-corrected chi connectivity index (χ2v) is 14.5. The average molecular weight is 809 g/mol. The Balaban J connectivity index is 1.38. The molecule has 0 bridgehead atoms. The summed E-state index contributed by atoms with van der Waals surface area (Å²) in [7, 11) is 0. The molecule has 0 radical (unpaired) electrons. The first-order chi connectivity index (χ1) is 29.2. The van der Waals surface area contributed by atoms with Gasteiger partial charge in [0.25, 0.3) is 5.69 Å². The van der Waals surface area contributed by atoms with Crippen LogP contribution in [0.4, 0.5) is 16.2 Å². The zero-order valence-corrected chi connectivity index (χ0v) is 32.2. The number of anilines is 1. The highest BCUT2D eigenvalue weighted by atomic mass is 16.6. The minimum absolute atomic E-state index is 0.000366. The zero-order valence-electron chi connectivity index (χ0n) is 32.2. The van der Waals surface area contributed by atoms with Crippen molar-refractivity contribution in [3.63, 3.8) is 0 Å². The van der Waals surface area contributed by atoms with Crippen molar-refractivity contribution in [2.24, 2.45) is 5.92 Å². The lowest BCUT2D eigenvalue weighted by Crippen LogP contribution is -2.55. The van der Waals surface area contributed by atoms with E-state index in [1.807, 2.05) is 65.6 Å². The lowest BCUT2D eigenvalue weighted by atomic mass is 9.65. The SMILES string of the molecule is C=CCNC(=O)[C@@H]1[C@H]2C(=O)O[C@H](c3ccccc3)[C@H](c3ccccc3)N2[C@H](c2ccccc2OCCO)[C@@]12C(=O)N(C(=O)OCc1ccc([N+](=O)[O-])cc1)c1ccccc12. The molecule has 3 heterocycles. The van der Waals surface area contributed by atoms with E-state index in [4.69, 9.17) is 14.2 Å². The number of aliphatic hydroxyl groups is 1. The molecule has 14 nitrogen and oxygen atoms in total. The van der Waals surface area contributed by atoms with Crippen LogP contribution in [0.2, 0.25) is 0 Å². The van der Waals surface area contributed by atoms with Crippen LogP contribution in [0, 0.1) is 16.0 Å². The van der Waals surface area contributed by atoms with Crippen molar-refractivity contribution in [3.05, 3.63) is 184 Å². The molecule has 304 valence electrons. The largest absolute Gasteiger partial charge is 0.491 e. The third-order valence-corrected chi connectivity index (χ3v) is 11.3. The fourth-order valence-electron chi connectivity index (χ4n) is 9.01. The number of morpholine rings is 1. The third kappa shape index (κ3) is 6.65. The Bertz CT molecular complexity index is 2450. The summed E-state index contributed by atoms with van der Waals surface area (Å²) in [6.07, 6.45) is -0.506. The highest BCUT2D eigenvalue weighted by Gasteiger charge is 2.76. The van der Waals surface area contributed by atoms with E-state index in [2.05, 4.69) is 11.9 Å². The van der Waals surface area contributed by atoms with Crippen LogP contribution in [0.15, 0.2) is 146 Å². The fraction of sp³-hybridized carbons (Fsp3) is 0.217. The lowest BCUT2D eigenvalue weighted by molar-refractivity contribution is -0.384. The second kappa shape index (κ2) is 16.6. The summed E-state index contributed by atoms with van der Waals surface area (Å²) >= 11 is 0. The van der Waals surface area contributed by atoms with Gasteiger partial charge in [0.2, 0.25) is 11.8 Å². The van der Waals surface area contributed by atoms with E-state index in [0.717, 1.165) is 10.5 Å². The van der Waals surface area contributed by atoms with E-state index in [-0.39, 0.29) is 49.1 Å². The van der Waals surface area contributed by atoms with Gasteiger partial charge in [-0.2, -0.15) is 0 Å². The van der Waals surface area contributed by atoms with Gasteiger partial charge in [-0.1, -0.05) is 103 Å². The van der Waals surface area contributed by atoms with Gasteiger partial charge in [0.05, 0.1) is 35.2 Å². The first-order valence-electron chi connectivity index (χ1n) is 19.4. The van der Waals surface area contributed by atoms with Crippen molar-refractivity contribution in [2.45, 2.75) is 36.3 Å². The minimum Gasteiger partial charge on any atom is -0.491 e. The van der Waals surface area contributed by atoms with Gasteiger partial charge in [-0.25, -0.2) is 9.69 Å². The van der Waals surface area contributed by atoms with Crippen LogP contribution in [0.5, 0.6) is 5.75 Å². The van der Waals surface area contributed by atoms with E-state index in [0.29, 0.717) is 16.7 Å². The van der Waals surface area contributed by atoms with Crippen LogP contribution in [0.3, 0.4) is 0 Å². The Kier molecular flexibility index (Phi) is 11.0. The molecular formula is C46H40N4O10. The van der Waals surface area contributed by atoms with Crippen LogP contribution in [0.1, 0.15) is 46.0 Å². The van der Waals surface area contributed by atoms with Gasteiger partial charge in [0, 0.05) is 24.2 Å². The summed E-state index contributed by atoms with van der Waals surface area (Å²) in [6, 6.07) is 34.2. The van der Waals surface area contributed by atoms with E-state index in [1.165, 1.54) is 30.3 Å². The molecule has 8 rings (SSSR count). The van der Waals surface area contributed by atoms with Gasteiger partial charge >= 0.3 is 12.1 Å². The van der Waals surface area contributed by atoms with Crippen LogP contribution in [-0.4, -0.2) is 64.6 Å². The molecule has 3 aliphatic heterocycles. The van der Waals surface area contributed by atoms with Crippen LogP contribution in [0.25, 0.3) is 0 Å². The number of non-ortho nitro benzene ring substituents is 1. The van der Waals surface area contributed by atoms with E-state index >= 15 is 9.59 Å². The maximum Gasteiger partial charge on any atom is 0.421 e. The molecule has 0 saturated carbocycles. The molecule has 5 aromatic rings. The summed E-state index contributed by atoms with van der Waals surface area (Å²) in [5.41, 5.74) is 0.500. The Labute approximate surface area is 344 Å². The number of amides is 3. The highest BCUT2D eigenvalue weighted by Crippen LogP contribution is 2.66. The van der Waals surface area contributed by atoms with Crippen LogP contribution >= 0.6 is 0 Å². The Hall–Kier alpha value is -7.16. The Morgan fingerprint density at radius 3 is 2.20 bits per heavy atom. The quantitative estimate of drug-likeness (QED) is 0.0629. The lowest BCUT2D eigenvalue weighted by Gasteiger charge is -2.46. The fourth-order valence-corrected chi connectivity index (χ4v) is 9.01. The smallest absolute Gasteiger partial charge is 0.421 e. The number of nitrogens with one attached hydrogen (secondary N) is 1. The third-order valence-electron chi connectivity index (χ3n) is 11.3. The molecule has 2 saturated heterocycles. The number of nitro benzene ring substituents is 1. The molecule has 60 heavy (non-hydrogen) atoms. The van der Waals surface area contributed by atoms with Gasteiger partial charge in [0.1, 0.15) is 36.5 Å². The summed E-state index contributed by atoms with van der Waals surface area (Å²) < 4.78 is 18.3. The van der Waals surface area contributed by atoms with E-state index in [9.17, 15) is 24.8 Å². The number of aliphatic hydroxyl groups excluding tert-OH is 1. The number of hydrogen-bond donors (Lipinski definition) is 2. The zero-order chi connectivity index (χ0) is 42.0. The van der Waals surface area contributed by atoms with Crippen molar-refractivity contribution in [1.82, 2.24) is 10.2 Å². The second-order valence-electron chi connectivity index (χ2n) is 14.5. The van der Waals surface area contributed by atoms with Crippen LogP contribution in [-0.2, 0) is 35.9 Å². The Morgan fingerprint density at radius 1 is 0.867 bits per heavy atom. The molecule has 1 spiro atoms. The Morgan fingerprint density at radius 2 is 1.52 bits per heavy atom. The topological polar surface area (TPSA) is 178 Å². The number of ether oxygens (including phenoxy) is 3. The van der Waals surface area contributed by atoms with E-state index in [1.54, 1.807) is 48.5 Å². The number of fused-ring (bicyclic) bond motifs is 3. The van der Waals surface area contributed by atoms with Crippen LogP contribution < -0.4 is 15.0 Å². The molecule has 3 amide bonds. The summed E-state index contributed by atoms with van der Waals surface area (Å²) in [4.78, 5) is 73.9. The number of imide groups is 1. The number of benzene rings is 5. The summed E-state index contributed by atoms with van der Waals surface area (Å²) in [6.45, 7) is 3.00. The van der Waals surface area contributed by atoms with Crippen molar-refractivity contribution in [2.75, 3.05) is 24.7 Å². The summed E-state index contributed by atoms with van der Waals surface area (Å²) in [5, 5.41) is 24.0. The monoisotopic (exact) mass is 808 g/mol. The number of carbonyl (C=O) groups is 4. The highest BCUT2D eigenvalue weighted by molar-refractivity contribution is 6.23. The maximum absolute atomic E-state index is 16.0. The normalized spacial score (nSPS) is 23.0. The number of rotatable bonds is 12. The molecule has 3 aliphatic rings. The van der Waals surface area contributed by atoms with Gasteiger partial charge in [-0.3, -0.25) is 29.4 Å². The number of cyclic esters (lactones) is 1. The van der Waals surface area contributed by atoms with Crippen molar-refractivity contribution >= 4 is 35.3 Å². The van der Waals surface area contributed by atoms with Gasteiger partial charge < -0.3 is 24.6 Å². The van der Waals surface area contributed by atoms with Gasteiger partial charge in [0.15, 0.2) is 0 Å². The maximum atomic E-state index is 16.0. The summed E-state index contributed by atoms with van der Waals surface area (Å²) in [5.74, 6) is -3.47. The number of esters is 1. The number of nitrogens with zero attached hydrogens (tertiary/aromatic N) is 3. The van der Waals surface area contributed by atoms with Crippen molar-refractivity contribution in [3.8, 4) is 5.75 Å². The molecule has 0 aromatic heterocycles. The predicted octanol–water partition coefficient (Wildman–Crippen LogP) is 6.27. The van der Waals surface area contributed by atoms with Crippen molar-refractivity contribution in [1.29, 1.82) is 0 Å². The van der Waals surface area contributed by atoms with E-state index < -0.39 is 64.4 Å². The number of nitro groups is 1. The standard InChI is InChI=1S/C46H40N4O10/c1-2-25-47-42(52)37-39-43(53)60-40(31-15-7-4-8-16-31)38(30-13-5-3-6-14-30)49(39)41(33-17-9-12-20-36(33)58-27-26-51)46(37)34-18-10-11-19-35(34)48(44(46)54)45(55)59-28-29-21-23-32(24-22-29)50(56)57/h2-24,37-41,51H,1,25-28H2,(H,47,52)/t37-,38-,39-,40+,41+,46-/m0/s1. The molecule has 6 atom stereocenters. The first-order valence-corrected chi connectivity index (χ1v) is 19.4. The number of para-hydroxylation sites is 2.